The zero-order valence-corrected chi connectivity index (χ0v) is 17.7. The summed E-state index contributed by atoms with van der Waals surface area (Å²) in [5.74, 6) is 0.00371. The van der Waals surface area contributed by atoms with E-state index in [2.05, 4.69) is 5.32 Å². The van der Waals surface area contributed by atoms with Gasteiger partial charge in [-0.25, -0.2) is 0 Å². The minimum absolute atomic E-state index is 0.0569. The van der Waals surface area contributed by atoms with Crippen LogP contribution in [0.3, 0.4) is 0 Å². The molecule has 0 spiro atoms. The Bertz CT molecular complexity index is 1130. The smallest absolute Gasteiger partial charge is 0.339 e. The molecule has 0 aliphatic carbocycles. The second kappa shape index (κ2) is 8.33. The molecule has 0 unspecified atom stereocenters. The highest BCUT2D eigenvalue weighted by Crippen LogP contribution is 2.23. The third-order valence-corrected chi connectivity index (χ3v) is 5.97. The third kappa shape index (κ3) is 4.90. The number of amides is 1. The summed E-state index contributed by atoms with van der Waals surface area (Å²) in [5.41, 5.74) is 0.323. The number of rotatable bonds is 7. The van der Waals surface area contributed by atoms with E-state index in [1.165, 1.54) is 37.5 Å². The van der Waals surface area contributed by atoms with E-state index < -0.39 is 21.6 Å². The lowest BCUT2D eigenvalue weighted by Gasteiger charge is -2.21. The van der Waals surface area contributed by atoms with E-state index >= 15 is 0 Å². The van der Waals surface area contributed by atoms with Crippen LogP contribution in [0.5, 0.6) is 5.75 Å². The van der Waals surface area contributed by atoms with Crippen LogP contribution in [0.25, 0.3) is 0 Å². The van der Waals surface area contributed by atoms with Gasteiger partial charge in [-0.15, -0.1) is 0 Å². The van der Waals surface area contributed by atoms with Crippen molar-refractivity contribution in [3.8, 4) is 5.75 Å². The second-order valence-electron chi connectivity index (χ2n) is 7.26. The van der Waals surface area contributed by atoms with Crippen LogP contribution in [-0.4, -0.2) is 26.0 Å². The average molecular weight is 429 g/mol. The van der Waals surface area contributed by atoms with Crippen molar-refractivity contribution >= 4 is 16.0 Å². The Morgan fingerprint density at radius 3 is 2.47 bits per heavy atom. The summed E-state index contributed by atoms with van der Waals surface area (Å²) in [6.45, 7) is 4.97. The van der Waals surface area contributed by atoms with E-state index in [0.717, 1.165) is 5.56 Å². The molecule has 0 fully saturated rings. The molecule has 2 aromatic carbocycles. The second-order valence-corrected chi connectivity index (χ2v) is 8.78. The summed E-state index contributed by atoms with van der Waals surface area (Å²) < 4.78 is 35.5. The van der Waals surface area contributed by atoms with Crippen LogP contribution >= 0.6 is 0 Å². The minimum atomic E-state index is -4.00. The first kappa shape index (κ1) is 21.6. The van der Waals surface area contributed by atoms with E-state index in [4.69, 9.17) is 8.60 Å². The standard InChI is InChI=1S/C22H23NO6S/c1-15-6-7-16(2)19(13-15)30(26,27)29-18-10-8-17(9-11-18)21(24)23-14-22(3,25)20-5-4-12-28-20/h4-13,25H,14H2,1-3H3,(H,23,24)/t22-/m1/s1. The Morgan fingerprint density at radius 1 is 1.13 bits per heavy atom. The molecule has 158 valence electrons. The topological polar surface area (TPSA) is 106 Å². The maximum atomic E-state index is 12.6. The molecule has 0 saturated carbocycles. The SMILES string of the molecule is Cc1ccc(C)c(S(=O)(=O)Oc2ccc(C(=O)NC[C@@](C)(O)c3ccco3)cc2)c1. The van der Waals surface area contributed by atoms with E-state index in [9.17, 15) is 18.3 Å². The molecule has 3 aromatic rings. The lowest BCUT2D eigenvalue weighted by atomic mass is 10.0. The van der Waals surface area contributed by atoms with Crippen LogP contribution in [0.15, 0.2) is 70.2 Å². The lowest BCUT2D eigenvalue weighted by molar-refractivity contribution is 0.0330. The molecule has 8 heteroatoms. The molecule has 1 atom stereocenters. The van der Waals surface area contributed by atoms with Crippen molar-refractivity contribution < 1.29 is 26.9 Å². The van der Waals surface area contributed by atoms with Gasteiger partial charge in [-0.3, -0.25) is 4.79 Å². The number of aryl methyl sites for hydroxylation is 2. The van der Waals surface area contributed by atoms with Crippen molar-refractivity contribution in [2.75, 3.05) is 6.54 Å². The first-order valence-corrected chi connectivity index (χ1v) is 10.7. The number of carbonyl (C=O) groups excluding carboxylic acids is 1. The molecule has 7 nitrogen and oxygen atoms in total. The number of aliphatic hydroxyl groups is 1. The Labute approximate surface area is 175 Å². The zero-order chi connectivity index (χ0) is 21.9. The van der Waals surface area contributed by atoms with Crippen molar-refractivity contribution in [1.29, 1.82) is 0 Å². The van der Waals surface area contributed by atoms with Gasteiger partial charge in [-0.05, 0) is 74.4 Å². The summed E-state index contributed by atoms with van der Waals surface area (Å²) in [6, 6.07) is 14.1. The summed E-state index contributed by atoms with van der Waals surface area (Å²) in [6.07, 6.45) is 1.44. The quantitative estimate of drug-likeness (QED) is 0.558. The number of hydrogen-bond acceptors (Lipinski definition) is 6. The van der Waals surface area contributed by atoms with Crippen LogP contribution in [0.2, 0.25) is 0 Å². The van der Waals surface area contributed by atoms with E-state index in [-0.39, 0.29) is 17.2 Å². The summed E-state index contributed by atoms with van der Waals surface area (Å²) in [5, 5.41) is 13.0. The fourth-order valence-corrected chi connectivity index (χ4v) is 4.08. The van der Waals surface area contributed by atoms with Gasteiger partial charge in [0.1, 0.15) is 22.0 Å². The summed E-state index contributed by atoms with van der Waals surface area (Å²) in [7, 11) is -4.00. The predicted molar refractivity (Wildman–Crippen MR) is 111 cm³/mol. The molecule has 0 bridgehead atoms. The van der Waals surface area contributed by atoms with E-state index in [1.54, 1.807) is 38.1 Å². The van der Waals surface area contributed by atoms with Crippen molar-refractivity contribution in [3.63, 3.8) is 0 Å². The molecule has 0 radical (unpaired) electrons. The maximum Gasteiger partial charge on any atom is 0.339 e. The summed E-state index contributed by atoms with van der Waals surface area (Å²) >= 11 is 0. The van der Waals surface area contributed by atoms with Gasteiger partial charge in [-0.2, -0.15) is 8.42 Å². The van der Waals surface area contributed by atoms with E-state index in [1.807, 2.05) is 6.07 Å². The van der Waals surface area contributed by atoms with Gasteiger partial charge in [0.25, 0.3) is 5.91 Å². The zero-order valence-electron chi connectivity index (χ0n) is 16.9. The van der Waals surface area contributed by atoms with Crippen molar-refractivity contribution in [2.24, 2.45) is 0 Å². The Morgan fingerprint density at radius 2 is 1.83 bits per heavy atom. The van der Waals surface area contributed by atoms with Gasteiger partial charge in [0, 0.05) is 5.56 Å². The number of hydrogen-bond donors (Lipinski definition) is 2. The number of carbonyl (C=O) groups is 1. The van der Waals surface area contributed by atoms with Crippen molar-refractivity contribution in [1.82, 2.24) is 5.32 Å². The van der Waals surface area contributed by atoms with Gasteiger partial charge < -0.3 is 19.0 Å². The number of benzene rings is 2. The highest BCUT2D eigenvalue weighted by atomic mass is 32.2. The van der Waals surface area contributed by atoms with E-state index in [0.29, 0.717) is 16.9 Å². The molecule has 0 aliphatic heterocycles. The molecular formula is C22H23NO6S. The van der Waals surface area contributed by atoms with Gasteiger partial charge in [-0.1, -0.05) is 12.1 Å². The van der Waals surface area contributed by atoms with Crippen molar-refractivity contribution in [2.45, 2.75) is 31.3 Å². The molecule has 2 N–H and O–H groups in total. The summed E-state index contributed by atoms with van der Waals surface area (Å²) in [4.78, 5) is 12.5. The highest BCUT2D eigenvalue weighted by Gasteiger charge is 2.27. The van der Waals surface area contributed by atoms with Gasteiger partial charge in [0.2, 0.25) is 0 Å². The lowest BCUT2D eigenvalue weighted by Crippen LogP contribution is -2.38. The van der Waals surface area contributed by atoms with Crippen LogP contribution < -0.4 is 9.50 Å². The van der Waals surface area contributed by atoms with Gasteiger partial charge in [0.15, 0.2) is 0 Å². The van der Waals surface area contributed by atoms with Gasteiger partial charge >= 0.3 is 10.1 Å². The number of furan rings is 1. The molecule has 3 rings (SSSR count). The minimum Gasteiger partial charge on any atom is -0.466 e. The third-order valence-electron chi connectivity index (χ3n) is 4.58. The first-order chi connectivity index (χ1) is 14.1. The van der Waals surface area contributed by atoms with Crippen LogP contribution in [0.1, 0.15) is 34.2 Å². The molecule has 0 aliphatic rings. The van der Waals surface area contributed by atoms with Crippen LogP contribution in [0, 0.1) is 13.8 Å². The Balaban J connectivity index is 1.67. The predicted octanol–water partition coefficient (Wildman–Crippen LogP) is 3.30. The highest BCUT2D eigenvalue weighted by molar-refractivity contribution is 7.87. The Hall–Kier alpha value is -3.10. The average Bonchev–Trinajstić information content (AvgIpc) is 3.24. The van der Waals surface area contributed by atoms with Crippen molar-refractivity contribution in [3.05, 3.63) is 83.3 Å². The molecular weight excluding hydrogens is 406 g/mol. The normalized spacial score (nSPS) is 13.5. The first-order valence-electron chi connectivity index (χ1n) is 9.25. The molecule has 30 heavy (non-hydrogen) atoms. The molecule has 1 heterocycles. The largest absolute Gasteiger partial charge is 0.466 e. The molecule has 1 amide bonds. The molecule has 1 aromatic heterocycles. The maximum absolute atomic E-state index is 12.6. The molecule has 0 saturated heterocycles. The number of nitrogens with one attached hydrogen (secondary N) is 1. The van der Waals surface area contributed by atoms with Gasteiger partial charge in [0.05, 0.1) is 12.8 Å². The van der Waals surface area contributed by atoms with Crippen LogP contribution in [0.4, 0.5) is 0 Å². The fourth-order valence-electron chi connectivity index (χ4n) is 2.84. The monoisotopic (exact) mass is 429 g/mol. The van der Waals surface area contributed by atoms with Crippen LogP contribution in [-0.2, 0) is 15.7 Å². The fraction of sp³-hybridized carbons (Fsp3) is 0.227. The Kier molecular flexibility index (Phi) is 6.00.